The Morgan fingerprint density at radius 3 is 2.57 bits per heavy atom. The van der Waals surface area contributed by atoms with E-state index in [0.717, 1.165) is 11.3 Å². The number of nitro groups is 1. The van der Waals surface area contributed by atoms with Crippen LogP contribution in [0, 0.1) is 10.1 Å². The van der Waals surface area contributed by atoms with Gasteiger partial charge < -0.3 is 10.1 Å². The van der Waals surface area contributed by atoms with Crippen molar-refractivity contribution in [2.24, 2.45) is 0 Å². The zero-order valence-electron chi connectivity index (χ0n) is 12.1. The third-order valence-electron chi connectivity index (χ3n) is 3.39. The molecule has 1 unspecified atom stereocenters. The van der Waals surface area contributed by atoms with E-state index in [1.807, 2.05) is 31.2 Å². The molecule has 0 aliphatic carbocycles. The summed E-state index contributed by atoms with van der Waals surface area (Å²) in [5.74, 6) is 0.806. The van der Waals surface area contributed by atoms with Gasteiger partial charge in [0.15, 0.2) is 0 Å². The SMILES string of the molecule is COc1ccccc1C(C)NCc1ccccc1[N+](=O)[O-]. The zero-order chi connectivity index (χ0) is 15.2. The van der Waals surface area contributed by atoms with Crippen LogP contribution in [0.4, 0.5) is 5.69 Å². The molecule has 0 saturated heterocycles. The molecule has 0 aliphatic heterocycles. The lowest BCUT2D eigenvalue weighted by atomic mass is 10.1. The maximum atomic E-state index is 11.0. The van der Waals surface area contributed by atoms with Gasteiger partial charge in [0, 0.05) is 29.8 Å². The Morgan fingerprint density at radius 2 is 1.86 bits per heavy atom. The summed E-state index contributed by atoms with van der Waals surface area (Å²) in [6.07, 6.45) is 0. The van der Waals surface area contributed by atoms with Crippen LogP contribution in [0.15, 0.2) is 48.5 Å². The molecular formula is C16H18N2O3. The minimum atomic E-state index is -0.356. The Hall–Kier alpha value is -2.40. The number of nitrogens with zero attached hydrogens (tertiary/aromatic N) is 1. The van der Waals surface area contributed by atoms with E-state index in [-0.39, 0.29) is 16.7 Å². The summed E-state index contributed by atoms with van der Waals surface area (Å²) in [5, 5.41) is 14.3. The van der Waals surface area contributed by atoms with Crippen molar-refractivity contribution >= 4 is 5.69 Å². The summed E-state index contributed by atoms with van der Waals surface area (Å²) < 4.78 is 5.33. The Morgan fingerprint density at radius 1 is 1.19 bits per heavy atom. The molecule has 5 nitrogen and oxygen atoms in total. The molecule has 0 saturated carbocycles. The molecule has 0 aromatic heterocycles. The molecule has 21 heavy (non-hydrogen) atoms. The quantitative estimate of drug-likeness (QED) is 0.652. The van der Waals surface area contributed by atoms with Crippen LogP contribution in [-0.4, -0.2) is 12.0 Å². The minimum absolute atomic E-state index is 0.0287. The molecule has 2 aromatic carbocycles. The topological polar surface area (TPSA) is 64.4 Å². The van der Waals surface area contributed by atoms with Crippen LogP contribution in [0.25, 0.3) is 0 Å². The van der Waals surface area contributed by atoms with E-state index in [9.17, 15) is 10.1 Å². The number of rotatable bonds is 6. The fourth-order valence-corrected chi connectivity index (χ4v) is 2.24. The molecule has 1 N–H and O–H groups in total. The fourth-order valence-electron chi connectivity index (χ4n) is 2.24. The predicted octanol–water partition coefficient (Wildman–Crippen LogP) is 3.45. The first kappa shape index (κ1) is 15.0. The van der Waals surface area contributed by atoms with E-state index < -0.39 is 0 Å². The van der Waals surface area contributed by atoms with Gasteiger partial charge in [-0.15, -0.1) is 0 Å². The standard InChI is InChI=1S/C16H18N2O3/c1-12(14-8-4-6-10-16(14)21-2)17-11-13-7-3-5-9-15(13)18(19)20/h3-10,12,17H,11H2,1-2H3. The molecule has 2 aromatic rings. The number of nitrogens with one attached hydrogen (secondary N) is 1. The highest BCUT2D eigenvalue weighted by molar-refractivity contribution is 5.40. The van der Waals surface area contributed by atoms with E-state index in [2.05, 4.69) is 5.32 Å². The Labute approximate surface area is 123 Å². The molecule has 110 valence electrons. The van der Waals surface area contributed by atoms with Gasteiger partial charge in [-0.1, -0.05) is 36.4 Å². The van der Waals surface area contributed by atoms with Gasteiger partial charge in [0.05, 0.1) is 12.0 Å². The fraction of sp³-hybridized carbons (Fsp3) is 0.250. The minimum Gasteiger partial charge on any atom is -0.496 e. The highest BCUT2D eigenvalue weighted by Gasteiger charge is 2.15. The van der Waals surface area contributed by atoms with Crippen LogP contribution in [0.2, 0.25) is 0 Å². The Bertz CT molecular complexity index is 628. The molecule has 0 spiro atoms. The average molecular weight is 286 g/mol. The van der Waals surface area contributed by atoms with E-state index in [0.29, 0.717) is 12.1 Å². The van der Waals surface area contributed by atoms with Gasteiger partial charge in [0.25, 0.3) is 5.69 Å². The van der Waals surface area contributed by atoms with Gasteiger partial charge in [-0.25, -0.2) is 0 Å². The van der Waals surface area contributed by atoms with E-state index in [1.54, 1.807) is 25.3 Å². The second-order valence-corrected chi connectivity index (χ2v) is 4.73. The van der Waals surface area contributed by atoms with Gasteiger partial charge in [0.2, 0.25) is 0 Å². The van der Waals surface area contributed by atoms with Crippen molar-refractivity contribution < 1.29 is 9.66 Å². The number of benzene rings is 2. The largest absolute Gasteiger partial charge is 0.496 e. The smallest absolute Gasteiger partial charge is 0.273 e. The molecule has 0 bridgehead atoms. The van der Waals surface area contributed by atoms with Crippen molar-refractivity contribution in [3.05, 3.63) is 69.8 Å². The lowest BCUT2D eigenvalue weighted by Crippen LogP contribution is -2.19. The van der Waals surface area contributed by atoms with Crippen molar-refractivity contribution in [1.82, 2.24) is 5.32 Å². The van der Waals surface area contributed by atoms with Gasteiger partial charge in [-0.3, -0.25) is 10.1 Å². The van der Waals surface area contributed by atoms with Crippen LogP contribution in [0.1, 0.15) is 24.1 Å². The van der Waals surface area contributed by atoms with Crippen molar-refractivity contribution in [2.75, 3.05) is 7.11 Å². The Balaban J connectivity index is 2.11. The first-order chi connectivity index (χ1) is 10.1. The van der Waals surface area contributed by atoms with Crippen LogP contribution >= 0.6 is 0 Å². The van der Waals surface area contributed by atoms with Crippen LogP contribution in [0.3, 0.4) is 0 Å². The van der Waals surface area contributed by atoms with Gasteiger partial charge >= 0.3 is 0 Å². The summed E-state index contributed by atoms with van der Waals surface area (Å²) in [5.41, 5.74) is 1.83. The van der Waals surface area contributed by atoms with Crippen LogP contribution < -0.4 is 10.1 Å². The average Bonchev–Trinajstić information content (AvgIpc) is 2.52. The summed E-state index contributed by atoms with van der Waals surface area (Å²) >= 11 is 0. The molecule has 0 aliphatic rings. The molecule has 0 heterocycles. The number of methoxy groups -OCH3 is 1. The van der Waals surface area contributed by atoms with Crippen LogP contribution in [-0.2, 0) is 6.54 Å². The molecule has 5 heteroatoms. The maximum absolute atomic E-state index is 11.0. The number of hydrogen-bond acceptors (Lipinski definition) is 4. The highest BCUT2D eigenvalue weighted by atomic mass is 16.6. The maximum Gasteiger partial charge on any atom is 0.273 e. The predicted molar refractivity (Wildman–Crippen MR) is 81.3 cm³/mol. The lowest BCUT2D eigenvalue weighted by Gasteiger charge is -2.17. The number of hydrogen-bond donors (Lipinski definition) is 1. The summed E-state index contributed by atoms with van der Waals surface area (Å²) in [6.45, 7) is 2.43. The van der Waals surface area contributed by atoms with Gasteiger partial charge in [-0.05, 0) is 13.0 Å². The number of ether oxygens (including phenoxy) is 1. The normalized spacial score (nSPS) is 11.9. The second kappa shape index (κ2) is 6.85. The van der Waals surface area contributed by atoms with Crippen molar-refractivity contribution in [2.45, 2.75) is 19.5 Å². The van der Waals surface area contributed by atoms with Gasteiger partial charge in [-0.2, -0.15) is 0 Å². The van der Waals surface area contributed by atoms with Crippen molar-refractivity contribution in [1.29, 1.82) is 0 Å². The Kier molecular flexibility index (Phi) is 4.90. The second-order valence-electron chi connectivity index (χ2n) is 4.73. The third kappa shape index (κ3) is 3.58. The first-order valence-electron chi connectivity index (χ1n) is 6.72. The van der Waals surface area contributed by atoms with Crippen LogP contribution in [0.5, 0.6) is 5.75 Å². The lowest BCUT2D eigenvalue weighted by molar-refractivity contribution is -0.385. The number of para-hydroxylation sites is 2. The van der Waals surface area contributed by atoms with Crippen molar-refractivity contribution in [3.63, 3.8) is 0 Å². The summed E-state index contributed by atoms with van der Waals surface area (Å²) in [7, 11) is 1.63. The molecule has 0 radical (unpaired) electrons. The van der Waals surface area contributed by atoms with E-state index in [4.69, 9.17) is 4.74 Å². The highest BCUT2D eigenvalue weighted by Crippen LogP contribution is 2.25. The van der Waals surface area contributed by atoms with Crippen molar-refractivity contribution in [3.8, 4) is 5.75 Å². The summed E-state index contributed by atoms with van der Waals surface area (Å²) in [6, 6.07) is 14.5. The molecular weight excluding hydrogens is 268 g/mol. The third-order valence-corrected chi connectivity index (χ3v) is 3.39. The van der Waals surface area contributed by atoms with E-state index in [1.165, 1.54) is 6.07 Å². The molecule has 0 amide bonds. The first-order valence-corrected chi connectivity index (χ1v) is 6.72. The monoisotopic (exact) mass is 286 g/mol. The molecule has 1 atom stereocenters. The molecule has 0 fully saturated rings. The number of nitro benzene ring substituents is 1. The molecule has 2 rings (SSSR count). The summed E-state index contributed by atoms with van der Waals surface area (Å²) in [4.78, 5) is 10.6. The zero-order valence-corrected chi connectivity index (χ0v) is 12.1. The van der Waals surface area contributed by atoms with E-state index >= 15 is 0 Å². The van der Waals surface area contributed by atoms with Gasteiger partial charge in [0.1, 0.15) is 5.75 Å².